The van der Waals surface area contributed by atoms with Gasteiger partial charge in [-0.1, -0.05) is 12.2 Å². The Bertz CT molecular complexity index is 723. The summed E-state index contributed by atoms with van der Waals surface area (Å²) in [5, 5.41) is 0. The summed E-state index contributed by atoms with van der Waals surface area (Å²) in [4.78, 5) is 14.1. The Morgan fingerprint density at radius 3 is 2.38 bits per heavy atom. The van der Waals surface area contributed by atoms with Crippen LogP contribution in [0.3, 0.4) is 0 Å². The van der Waals surface area contributed by atoms with Crippen molar-refractivity contribution >= 4 is 15.9 Å². The Morgan fingerprint density at radius 1 is 1.12 bits per heavy atom. The maximum absolute atomic E-state index is 13.0. The van der Waals surface area contributed by atoms with E-state index in [1.807, 2.05) is 0 Å². The van der Waals surface area contributed by atoms with Gasteiger partial charge in [0.05, 0.1) is 4.90 Å². The zero-order chi connectivity index (χ0) is 17.2. The SMILES string of the molecule is O=C(C[C@@H]1C=CCC1)N1CCN(S(=O)(=O)c2ccc(F)cc2)CC1. The molecule has 0 unspecified atom stereocenters. The summed E-state index contributed by atoms with van der Waals surface area (Å²) in [6, 6.07) is 4.83. The third kappa shape index (κ3) is 3.67. The Balaban J connectivity index is 1.58. The van der Waals surface area contributed by atoms with Gasteiger partial charge in [-0.2, -0.15) is 4.31 Å². The number of halogens is 1. The lowest BCUT2D eigenvalue weighted by atomic mass is 10.0. The van der Waals surface area contributed by atoms with E-state index in [9.17, 15) is 17.6 Å². The highest BCUT2D eigenvalue weighted by Gasteiger charge is 2.30. The molecule has 1 fully saturated rings. The van der Waals surface area contributed by atoms with Crippen LogP contribution in [0.1, 0.15) is 19.3 Å². The molecule has 1 saturated heterocycles. The molecule has 0 spiro atoms. The van der Waals surface area contributed by atoms with E-state index in [2.05, 4.69) is 12.2 Å². The molecule has 1 heterocycles. The Morgan fingerprint density at radius 2 is 1.79 bits per heavy atom. The number of piperazine rings is 1. The van der Waals surface area contributed by atoms with Gasteiger partial charge in [-0.25, -0.2) is 12.8 Å². The molecule has 0 N–H and O–H groups in total. The number of sulfonamides is 1. The minimum Gasteiger partial charge on any atom is -0.340 e. The summed E-state index contributed by atoms with van der Waals surface area (Å²) in [7, 11) is -3.63. The molecular weight excluding hydrogens is 331 g/mol. The van der Waals surface area contributed by atoms with Crippen LogP contribution in [0.15, 0.2) is 41.3 Å². The third-order valence-electron chi connectivity index (χ3n) is 4.59. The zero-order valence-electron chi connectivity index (χ0n) is 13.4. The van der Waals surface area contributed by atoms with Gasteiger partial charge >= 0.3 is 0 Å². The molecule has 1 aromatic rings. The predicted octanol–water partition coefficient (Wildman–Crippen LogP) is 2.01. The quantitative estimate of drug-likeness (QED) is 0.779. The lowest BCUT2D eigenvalue weighted by Crippen LogP contribution is -2.50. The van der Waals surface area contributed by atoms with Gasteiger partial charge in [-0.15, -0.1) is 0 Å². The molecule has 1 aromatic carbocycles. The first-order chi connectivity index (χ1) is 11.5. The molecule has 0 saturated carbocycles. The predicted molar refractivity (Wildman–Crippen MR) is 88.2 cm³/mol. The van der Waals surface area contributed by atoms with Crippen LogP contribution in [0.5, 0.6) is 0 Å². The highest BCUT2D eigenvalue weighted by atomic mass is 32.2. The van der Waals surface area contributed by atoms with Crippen LogP contribution in [0.4, 0.5) is 4.39 Å². The van der Waals surface area contributed by atoms with E-state index < -0.39 is 15.8 Å². The van der Waals surface area contributed by atoms with E-state index in [1.54, 1.807) is 4.90 Å². The Labute approximate surface area is 141 Å². The van der Waals surface area contributed by atoms with Crippen molar-refractivity contribution in [3.8, 4) is 0 Å². The number of rotatable bonds is 4. The fraction of sp³-hybridized carbons (Fsp3) is 0.471. The summed E-state index contributed by atoms with van der Waals surface area (Å²) in [5.41, 5.74) is 0. The van der Waals surface area contributed by atoms with Gasteiger partial charge in [0.1, 0.15) is 5.82 Å². The van der Waals surface area contributed by atoms with Crippen molar-refractivity contribution < 1.29 is 17.6 Å². The molecule has 130 valence electrons. The van der Waals surface area contributed by atoms with Crippen LogP contribution < -0.4 is 0 Å². The van der Waals surface area contributed by atoms with Gasteiger partial charge in [0, 0.05) is 32.6 Å². The topological polar surface area (TPSA) is 57.7 Å². The Kier molecular flexibility index (Phi) is 5.01. The standard InChI is InChI=1S/C17H21FN2O3S/c18-15-5-7-16(8-6-15)24(22,23)20-11-9-19(10-12-20)17(21)13-14-3-1-2-4-14/h1,3,5-8,14H,2,4,9-13H2/t14-/m1/s1. The molecule has 1 atom stereocenters. The summed E-state index contributed by atoms with van der Waals surface area (Å²) in [6.45, 7) is 1.34. The average molecular weight is 352 g/mol. The summed E-state index contributed by atoms with van der Waals surface area (Å²) in [6.07, 6.45) is 6.74. The summed E-state index contributed by atoms with van der Waals surface area (Å²) in [5.74, 6) is -0.0609. The zero-order valence-corrected chi connectivity index (χ0v) is 14.2. The van der Waals surface area contributed by atoms with Crippen molar-refractivity contribution in [1.82, 2.24) is 9.21 Å². The molecule has 1 aliphatic carbocycles. The third-order valence-corrected chi connectivity index (χ3v) is 6.50. The van der Waals surface area contributed by atoms with Crippen molar-refractivity contribution in [2.75, 3.05) is 26.2 Å². The fourth-order valence-corrected chi connectivity index (χ4v) is 4.57. The molecule has 3 rings (SSSR count). The number of benzene rings is 1. The Hall–Kier alpha value is -1.73. The first-order valence-corrected chi connectivity index (χ1v) is 9.61. The van der Waals surface area contributed by atoms with Crippen LogP contribution in [0.25, 0.3) is 0 Å². The maximum atomic E-state index is 13.0. The highest BCUT2D eigenvalue weighted by Crippen LogP contribution is 2.22. The van der Waals surface area contributed by atoms with Crippen LogP contribution in [0.2, 0.25) is 0 Å². The van der Waals surface area contributed by atoms with Crippen molar-refractivity contribution in [2.24, 2.45) is 5.92 Å². The van der Waals surface area contributed by atoms with Gasteiger partial charge < -0.3 is 4.90 Å². The van der Waals surface area contributed by atoms with Crippen LogP contribution in [-0.4, -0.2) is 49.7 Å². The van der Waals surface area contributed by atoms with Crippen molar-refractivity contribution in [3.63, 3.8) is 0 Å². The molecule has 0 radical (unpaired) electrons. The first-order valence-electron chi connectivity index (χ1n) is 8.17. The van der Waals surface area contributed by atoms with E-state index >= 15 is 0 Å². The van der Waals surface area contributed by atoms with Crippen LogP contribution >= 0.6 is 0 Å². The van der Waals surface area contributed by atoms with Gasteiger partial charge in [0.15, 0.2) is 0 Å². The monoisotopic (exact) mass is 352 g/mol. The van der Waals surface area contributed by atoms with Crippen LogP contribution in [0, 0.1) is 11.7 Å². The molecule has 24 heavy (non-hydrogen) atoms. The highest BCUT2D eigenvalue weighted by molar-refractivity contribution is 7.89. The van der Waals surface area contributed by atoms with Gasteiger partial charge in [0.25, 0.3) is 0 Å². The lowest BCUT2D eigenvalue weighted by molar-refractivity contribution is -0.133. The van der Waals surface area contributed by atoms with Crippen molar-refractivity contribution in [2.45, 2.75) is 24.2 Å². The second kappa shape index (κ2) is 7.03. The maximum Gasteiger partial charge on any atom is 0.243 e. The molecule has 5 nitrogen and oxygen atoms in total. The average Bonchev–Trinajstić information content (AvgIpc) is 3.08. The van der Waals surface area contributed by atoms with E-state index in [0.29, 0.717) is 25.4 Å². The van der Waals surface area contributed by atoms with Gasteiger partial charge in [0.2, 0.25) is 15.9 Å². The number of nitrogens with zero attached hydrogens (tertiary/aromatic N) is 2. The lowest BCUT2D eigenvalue weighted by Gasteiger charge is -2.34. The van der Waals surface area contributed by atoms with Crippen molar-refractivity contribution in [3.05, 3.63) is 42.2 Å². The molecule has 2 aliphatic rings. The molecule has 1 aliphatic heterocycles. The summed E-state index contributed by atoms with van der Waals surface area (Å²) < 4.78 is 39.4. The number of carbonyl (C=O) groups excluding carboxylic acids is 1. The number of carbonyl (C=O) groups is 1. The normalized spacial score (nSPS) is 22.0. The van der Waals surface area contributed by atoms with Crippen LogP contribution in [-0.2, 0) is 14.8 Å². The summed E-state index contributed by atoms with van der Waals surface area (Å²) >= 11 is 0. The number of allylic oxidation sites excluding steroid dienone is 2. The number of amides is 1. The molecule has 0 bridgehead atoms. The first kappa shape index (κ1) is 17.1. The second-order valence-electron chi connectivity index (χ2n) is 6.21. The van der Waals surface area contributed by atoms with E-state index in [4.69, 9.17) is 0 Å². The largest absolute Gasteiger partial charge is 0.340 e. The molecule has 0 aromatic heterocycles. The van der Waals surface area contributed by atoms with E-state index in [-0.39, 0.29) is 23.9 Å². The molecule has 1 amide bonds. The fourth-order valence-electron chi connectivity index (χ4n) is 3.15. The minimum atomic E-state index is -3.63. The van der Waals surface area contributed by atoms with E-state index in [1.165, 1.54) is 16.4 Å². The number of hydrogen-bond donors (Lipinski definition) is 0. The molecular formula is C17H21FN2O3S. The smallest absolute Gasteiger partial charge is 0.243 e. The number of hydrogen-bond acceptors (Lipinski definition) is 3. The van der Waals surface area contributed by atoms with Gasteiger partial charge in [-0.05, 0) is 43.0 Å². The molecule has 7 heteroatoms. The van der Waals surface area contributed by atoms with Gasteiger partial charge in [-0.3, -0.25) is 4.79 Å². The van der Waals surface area contributed by atoms with Crippen molar-refractivity contribution in [1.29, 1.82) is 0 Å². The van der Waals surface area contributed by atoms with E-state index in [0.717, 1.165) is 25.0 Å². The second-order valence-corrected chi connectivity index (χ2v) is 8.15. The minimum absolute atomic E-state index is 0.0831.